The molecule has 1 aromatic heterocycles. The van der Waals surface area contributed by atoms with Crippen LogP contribution in [0.1, 0.15) is 10.4 Å². The zero-order valence-electron chi connectivity index (χ0n) is 8.26. The van der Waals surface area contributed by atoms with Crippen LogP contribution in [-0.4, -0.2) is 11.0 Å². The number of esters is 1. The van der Waals surface area contributed by atoms with Crippen molar-refractivity contribution in [1.29, 1.82) is 0 Å². The first kappa shape index (κ1) is 10.3. The molecule has 0 aliphatic heterocycles. The fourth-order valence-corrected chi connectivity index (χ4v) is 1.18. The molecule has 1 aromatic carbocycles. The fourth-order valence-electron chi connectivity index (χ4n) is 1.18. The van der Waals surface area contributed by atoms with Crippen LogP contribution >= 0.6 is 0 Å². The highest BCUT2D eigenvalue weighted by molar-refractivity contribution is 5.90. The Balaban J connectivity index is 2.15. The summed E-state index contributed by atoms with van der Waals surface area (Å²) in [5.41, 5.74) is 0.158. The Morgan fingerprint density at radius 2 is 2.06 bits per heavy atom. The summed E-state index contributed by atoms with van der Waals surface area (Å²) < 4.78 is 17.8. The van der Waals surface area contributed by atoms with E-state index < -0.39 is 11.8 Å². The van der Waals surface area contributed by atoms with E-state index in [9.17, 15) is 9.18 Å². The lowest BCUT2D eigenvalue weighted by Crippen LogP contribution is -2.09. The summed E-state index contributed by atoms with van der Waals surface area (Å²) in [5, 5.41) is 0. The third-order valence-corrected chi connectivity index (χ3v) is 1.90. The summed E-state index contributed by atoms with van der Waals surface area (Å²) in [6.07, 6.45) is 1.51. The van der Waals surface area contributed by atoms with Crippen molar-refractivity contribution in [3.63, 3.8) is 0 Å². The van der Waals surface area contributed by atoms with Crippen molar-refractivity contribution in [2.24, 2.45) is 0 Å². The van der Waals surface area contributed by atoms with E-state index in [2.05, 4.69) is 4.98 Å². The molecular weight excluding hydrogens is 209 g/mol. The molecule has 0 aliphatic carbocycles. The van der Waals surface area contributed by atoms with Gasteiger partial charge in [0.1, 0.15) is 5.82 Å². The van der Waals surface area contributed by atoms with Crippen LogP contribution in [0.4, 0.5) is 4.39 Å². The first-order valence-electron chi connectivity index (χ1n) is 4.64. The third-order valence-electron chi connectivity index (χ3n) is 1.90. The Labute approximate surface area is 91.5 Å². The maximum Gasteiger partial charge on any atom is 0.344 e. The van der Waals surface area contributed by atoms with Crippen LogP contribution in [-0.2, 0) is 0 Å². The van der Waals surface area contributed by atoms with E-state index in [4.69, 9.17) is 4.74 Å². The molecule has 0 aliphatic rings. The molecule has 0 fully saturated rings. The minimum absolute atomic E-state index is 0.158. The SMILES string of the molecule is O=C(Oc1ccccn1)c1cccc(F)c1. The van der Waals surface area contributed by atoms with Crippen molar-refractivity contribution in [2.45, 2.75) is 0 Å². The molecule has 0 amide bonds. The summed E-state index contributed by atoms with van der Waals surface area (Å²) in [6.45, 7) is 0. The Morgan fingerprint density at radius 1 is 1.19 bits per heavy atom. The minimum atomic E-state index is -0.627. The number of rotatable bonds is 2. The average Bonchev–Trinajstić information content (AvgIpc) is 2.30. The highest BCUT2D eigenvalue weighted by Crippen LogP contribution is 2.09. The summed E-state index contributed by atoms with van der Waals surface area (Å²) >= 11 is 0. The maximum atomic E-state index is 12.8. The van der Waals surface area contributed by atoms with Gasteiger partial charge in [-0.15, -0.1) is 0 Å². The zero-order valence-corrected chi connectivity index (χ0v) is 8.26. The molecule has 80 valence electrons. The number of nitrogens with zero attached hydrogens (tertiary/aromatic N) is 1. The van der Waals surface area contributed by atoms with Crippen molar-refractivity contribution >= 4 is 5.97 Å². The van der Waals surface area contributed by atoms with E-state index in [-0.39, 0.29) is 11.4 Å². The average molecular weight is 217 g/mol. The van der Waals surface area contributed by atoms with Gasteiger partial charge in [-0.1, -0.05) is 12.1 Å². The number of carbonyl (C=O) groups excluding carboxylic acids is 1. The Hall–Kier alpha value is -2.23. The van der Waals surface area contributed by atoms with Crippen LogP contribution in [0.5, 0.6) is 5.88 Å². The highest BCUT2D eigenvalue weighted by atomic mass is 19.1. The number of hydrogen-bond acceptors (Lipinski definition) is 3. The van der Waals surface area contributed by atoms with Gasteiger partial charge in [0.15, 0.2) is 0 Å². The number of carbonyl (C=O) groups is 1. The second-order valence-electron chi connectivity index (χ2n) is 3.07. The van der Waals surface area contributed by atoms with Crippen molar-refractivity contribution in [3.8, 4) is 5.88 Å². The number of hydrogen-bond donors (Lipinski definition) is 0. The van der Waals surface area contributed by atoms with Crippen LogP contribution in [0.15, 0.2) is 48.7 Å². The number of aromatic nitrogens is 1. The maximum absolute atomic E-state index is 12.8. The Morgan fingerprint density at radius 3 is 2.75 bits per heavy atom. The van der Waals surface area contributed by atoms with Gasteiger partial charge in [0.2, 0.25) is 5.88 Å². The molecule has 2 aromatic rings. The van der Waals surface area contributed by atoms with Crippen LogP contribution < -0.4 is 4.74 Å². The van der Waals surface area contributed by atoms with E-state index in [1.807, 2.05) is 0 Å². The van der Waals surface area contributed by atoms with Crippen LogP contribution in [0, 0.1) is 5.82 Å². The normalized spacial score (nSPS) is 9.81. The van der Waals surface area contributed by atoms with Gasteiger partial charge in [0.05, 0.1) is 5.56 Å². The first-order valence-corrected chi connectivity index (χ1v) is 4.64. The zero-order chi connectivity index (χ0) is 11.4. The highest BCUT2D eigenvalue weighted by Gasteiger charge is 2.09. The molecule has 2 rings (SSSR count). The molecule has 0 spiro atoms. The van der Waals surface area contributed by atoms with Crippen molar-refractivity contribution in [3.05, 3.63) is 60.0 Å². The molecule has 4 heteroatoms. The molecule has 0 N–H and O–H groups in total. The summed E-state index contributed by atoms with van der Waals surface area (Å²) in [4.78, 5) is 15.4. The van der Waals surface area contributed by atoms with Gasteiger partial charge in [0, 0.05) is 12.3 Å². The molecule has 3 nitrogen and oxygen atoms in total. The van der Waals surface area contributed by atoms with Crippen molar-refractivity contribution in [1.82, 2.24) is 4.98 Å². The van der Waals surface area contributed by atoms with E-state index in [0.29, 0.717) is 0 Å². The molecular formula is C12H8FNO2. The molecule has 16 heavy (non-hydrogen) atoms. The van der Waals surface area contributed by atoms with Gasteiger partial charge < -0.3 is 4.74 Å². The van der Waals surface area contributed by atoms with Crippen LogP contribution in [0.3, 0.4) is 0 Å². The van der Waals surface area contributed by atoms with Crippen LogP contribution in [0.2, 0.25) is 0 Å². The van der Waals surface area contributed by atoms with Crippen molar-refractivity contribution in [2.75, 3.05) is 0 Å². The summed E-state index contributed by atoms with van der Waals surface area (Å²) in [6, 6.07) is 10.3. The first-order chi connectivity index (χ1) is 7.75. The third kappa shape index (κ3) is 2.42. The fraction of sp³-hybridized carbons (Fsp3) is 0. The van der Waals surface area contributed by atoms with E-state index in [1.54, 1.807) is 18.2 Å². The Kier molecular flexibility index (Phi) is 2.91. The smallest absolute Gasteiger partial charge is 0.344 e. The number of halogens is 1. The van der Waals surface area contributed by atoms with Crippen LogP contribution in [0.25, 0.3) is 0 Å². The number of pyridine rings is 1. The molecule has 0 atom stereocenters. The molecule has 0 radical (unpaired) electrons. The van der Waals surface area contributed by atoms with Gasteiger partial charge in [-0.3, -0.25) is 0 Å². The van der Waals surface area contributed by atoms with Gasteiger partial charge in [-0.25, -0.2) is 14.2 Å². The van der Waals surface area contributed by atoms with Gasteiger partial charge >= 0.3 is 5.97 Å². The largest absolute Gasteiger partial charge is 0.404 e. The summed E-state index contributed by atoms with van der Waals surface area (Å²) in [5.74, 6) is -0.912. The van der Waals surface area contributed by atoms with Crippen molar-refractivity contribution < 1.29 is 13.9 Å². The molecule has 0 saturated carbocycles. The lowest BCUT2D eigenvalue weighted by Gasteiger charge is -2.02. The predicted octanol–water partition coefficient (Wildman–Crippen LogP) is 2.44. The van der Waals surface area contributed by atoms with Gasteiger partial charge in [-0.05, 0) is 24.3 Å². The number of benzene rings is 1. The standard InChI is InChI=1S/C12H8FNO2/c13-10-5-3-4-9(8-10)12(15)16-11-6-1-2-7-14-11/h1-8H. The molecule has 0 bridgehead atoms. The van der Waals surface area contributed by atoms with E-state index in [0.717, 1.165) is 6.07 Å². The van der Waals surface area contributed by atoms with Gasteiger partial charge in [-0.2, -0.15) is 0 Å². The Bertz CT molecular complexity index is 499. The lowest BCUT2D eigenvalue weighted by atomic mass is 10.2. The quantitative estimate of drug-likeness (QED) is 0.725. The minimum Gasteiger partial charge on any atom is -0.404 e. The number of ether oxygens (including phenoxy) is 1. The summed E-state index contributed by atoms with van der Waals surface area (Å²) in [7, 11) is 0. The second kappa shape index (κ2) is 4.53. The predicted molar refractivity (Wildman–Crippen MR) is 55.6 cm³/mol. The molecule has 1 heterocycles. The second-order valence-corrected chi connectivity index (χ2v) is 3.07. The van der Waals surface area contributed by atoms with E-state index >= 15 is 0 Å². The topological polar surface area (TPSA) is 39.2 Å². The van der Waals surface area contributed by atoms with E-state index in [1.165, 1.54) is 24.4 Å². The lowest BCUT2D eigenvalue weighted by molar-refractivity contribution is 0.0727. The van der Waals surface area contributed by atoms with Gasteiger partial charge in [0.25, 0.3) is 0 Å². The molecule has 0 unspecified atom stereocenters. The monoisotopic (exact) mass is 217 g/mol. The molecule has 0 saturated heterocycles.